The molecule has 18 heavy (non-hydrogen) atoms. The average Bonchev–Trinajstić information content (AvgIpc) is 2.39. The lowest BCUT2D eigenvalue weighted by molar-refractivity contribution is -0.151. The number of carboxylic acids is 1. The summed E-state index contributed by atoms with van der Waals surface area (Å²) in [5.41, 5.74) is -0.389. The number of carboxylic acid groups (broad SMARTS) is 1. The Balaban J connectivity index is 3.39. The summed E-state index contributed by atoms with van der Waals surface area (Å²) in [7, 11) is 1.56. The minimum atomic E-state index is -1.07. The normalized spacial score (nSPS) is 14.3. The van der Waals surface area contributed by atoms with Crippen LogP contribution in [-0.2, 0) is 10.3 Å². The van der Waals surface area contributed by atoms with Crippen LogP contribution in [0.2, 0.25) is 0 Å². The molecule has 1 unspecified atom stereocenters. The monoisotopic (exact) mass is 251 g/mol. The van der Waals surface area contributed by atoms with Crippen molar-refractivity contribution in [1.29, 1.82) is 0 Å². The second-order valence-electron chi connectivity index (χ2n) is 4.25. The molecule has 1 atom stereocenters. The van der Waals surface area contributed by atoms with Crippen LogP contribution in [0.25, 0.3) is 0 Å². The highest BCUT2D eigenvalue weighted by molar-refractivity contribution is 5.81. The Bertz CT molecular complexity index is 415. The van der Waals surface area contributed by atoms with Crippen LogP contribution in [-0.4, -0.2) is 36.2 Å². The molecule has 0 aliphatic heterocycles. The number of rotatable bonds is 6. The van der Waals surface area contributed by atoms with Gasteiger partial charge in [0.2, 0.25) is 0 Å². The Morgan fingerprint density at radius 1 is 1.33 bits per heavy atom. The Labute approximate surface area is 108 Å². The van der Waals surface area contributed by atoms with E-state index in [0.29, 0.717) is 24.4 Å². The summed E-state index contributed by atoms with van der Waals surface area (Å²) in [6.07, 6.45) is 0. The van der Waals surface area contributed by atoms with Crippen LogP contribution in [0.4, 0.5) is 0 Å². The van der Waals surface area contributed by atoms with Gasteiger partial charge in [-0.15, -0.1) is 0 Å². The molecule has 0 fully saturated rings. The maximum atomic E-state index is 11.8. The molecule has 0 bridgehead atoms. The number of likely N-dealkylation sites (N-methyl/N-ethyl adjacent to an activating group) is 1. The van der Waals surface area contributed by atoms with Crippen molar-refractivity contribution in [2.24, 2.45) is 0 Å². The lowest BCUT2D eigenvalue weighted by atomic mass is 9.89. The Kier molecular flexibility index (Phi) is 4.73. The van der Waals surface area contributed by atoms with Crippen LogP contribution in [0.3, 0.4) is 0 Å². The van der Waals surface area contributed by atoms with E-state index in [1.807, 2.05) is 36.9 Å². The summed E-state index contributed by atoms with van der Waals surface area (Å²) in [5.74, 6) is -0.259. The fraction of sp³-hybridized carbons (Fsp3) is 0.500. The van der Waals surface area contributed by atoms with Gasteiger partial charge in [0.1, 0.15) is 11.3 Å². The molecule has 4 heteroatoms. The topological polar surface area (TPSA) is 49.8 Å². The van der Waals surface area contributed by atoms with E-state index in [2.05, 4.69) is 0 Å². The van der Waals surface area contributed by atoms with Gasteiger partial charge in [0.25, 0.3) is 0 Å². The van der Waals surface area contributed by atoms with E-state index in [4.69, 9.17) is 4.74 Å². The van der Waals surface area contributed by atoms with E-state index < -0.39 is 11.5 Å². The van der Waals surface area contributed by atoms with Gasteiger partial charge in [-0.25, -0.2) is 4.79 Å². The molecule has 0 amide bonds. The molecule has 1 rings (SSSR count). The lowest BCUT2D eigenvalue weighted by Crippen LogP contribution is -2.49. The molecule has 4 nitrogen and oxygen atoms in total. The van der Waals surface area contributed by atoms with Crippen molar-refractivity contribution in [3.63, 3.8) is 0 Å². The zero-order valence-corrected chi connectivity index (χ0v) is 11.4. The van der Waals surface area contributed by atoms with Crippen molar-refractivity contribution in [2.45, 2.75) is 26.3 Å². The van der Waals surface area contributed by atoms with E-state index in [-0.39, 0.29) is 0 Å². The standard InChI is InChI=1S/C14H21NO3/c1-5-15(6-2)14(3,13(16)17)11-9-7-8-10-12(11)18-4/h7-10H,5-6H2,1-4H3,(H,16,17). The van der Waals surface area contributed by atoms with E-state index in [0.717, 1.165) is 0 Å². The summed E-state index contributed by atoms with van der Waals surface area (Å²) in [5, 5.41) is 9.64. The molecule has 0 radical (unpaired) electrons. The second kappa shape index (κ2) is 5.87. The van der Waals surface area contributed by atoms with Crippen LogP contribution in [0.1, 0.15) is 26.3 Å². The number of hydrogen-bond donors (Lipinski definition) is 1. The fourth-order valence-electron chi connectivity index (χ4n) is 2.32. The van der Waals surface area contributed by atoms with Crippen LogP contribution in [0, 0.1) is 0 Å². The molecular weight excluding hydrogens is 230 g/mol. The number of nitrogens with zero attached hydrogens (tertiary/aromatic N) is 1. The third kappa shape index (κ3) is 2.34. The highest BCUT2D eigenvalue weighted by atomic mass is 16.5. The van der Waals surface area contributed by atoms with Crippen LogP contribution in [0.5, 0.6) is 5.75 Å². The van der Waals surface area contributed by atoms with E-state index >= 15 is 0 Å². The van der Waals surface area contributed by atoms with E-state index in [1.54, 1.807) is 20.1 Å². The van der Waals surface area contributed by atoms with Gasteiger partial charge >= 0.3 is 5.97 Å². The first-order valence-electron chi connectivity index (χ1n) is 6.14. The lowest BCUT2D eigenvalue weighted by Gasteiger charge is -2.37. The quantitative estimate of drug-likeness (QED) is 0.843. The molecule has 1 N–H and O–H groups in total. The highest BCUT2D eigenvalue weighted by Gasteiger charge is 2.41. The van der Waals surface area contributed by atoms with Crippen molar-refractivity contribution < 1.29 is 14.6 Å². The molecule has 0 heterocycles. The van der Waals surface area contributed by atoms with Crippen molar-refractivity contribution in [1.82, 2.24) is 4.90 Å². The fourth-order valence-corrected chi connectivity index (χ4v) is 2.32. The van der Waals surface area contributed by atoms with Gasteiger partial charge in [0.15, 0.2) is 0 Å². The first-order valence-corrected chi connectivity index (χ1v) is 6.14. The number of aliphatic carboxylic acids is 1. The Morgan fingerprint density at radius 2 is 1.89 bits per heavy atom. The first kappa shape index (κ1) is 14.5. The maximum Gasteiger partial charge on any atom is 0.328 e. The van der Waals surface area contributed by atoms with Gasteiger partial charge in [-0.3, -0.25) is 4.90 Å². The van der Waals surface area contributed by atoms with Crippen LogP contribution >= 0.6 is 0 Å². The van der Waals surface area contributed by atoms with Crippen molar-refractivity contribution in [3.05, 3.63) is 29.8 Å². The van der Waals surface area contributed by atoms with E-state index in [1.165, 1.54) is 0 Å². The molecule has 0 aromatic heterocycles. The first-order chi connectivity index (χ1) is 8.52. The Hall–Kier alpha value is -1.55. The van der Waals surface area contributed by atoms with Crippen molar-refractivity contribution >= 4 is 5.97 Å². The highest BCUT2D eigenvalue weighted by Crippen LogP contribution is 2.34. The molecule has 0 aliphatic rings. The minimum Gasteiger partial charge on any atom is -0.496 e. The largest absolute Gasteiger partial charge is 0.496 e. The van der Waals surface area contributed by atoms with Crippen LogP contribution in [0.15, 0.2) is 24.3 Å². The molecule has 0 saturated carbocycles. The smallest absolute Gasteiger partial charge is 0.328 e. The van der Waals surface area contributed by atoms with Gasteiger partial charge in [0, 0.05) is 5.56 Å². The van der Waals surface area contributed by atoms with Gasteiger partial charge in [-0.2, -0.15) is 0 Å². The average molecular weight is 251 g/mol. The molecule has 0 spiro atoms. The van der Waals surface area contributed by atoms with Crippen molar-refractivity contribution in [2.75, 3.05) is 20.2 Å². The number of methoxy groups -OCH3 is 1. The van der Waals surface area contributed by atoms with Gasteiger partial charge < -0.3 is 9.84 Å². The van der Waals surface area contributed by atoms with Gasteiger partial charge in [-0.1, -0.05) is 32.0 Å². The summed E-state index contributed by atoms with van der Waals surface area (Å²) < 4.78 is 5.29. The zero-order valence-electron chi connectivity index (χ0n) is 11.4. The van der Waals surface area contributed by atoms with Gasteiger partial charge in [0.05, 0.1) is 7.11 Å². The molecular formula is C14H21NO3. The zero-order chi connectivity index (χ0) is 13.8. The predicted octanol–water partition coefficient (Wildman–Crippen LogP) is 2.34. The SMILES string of the molecule is CCN(CC)C(C)(C(=O)O)c1ccccc1OC. The third-order valence-corrected chi connectivity index (χ3v) is 3.44. The summed E-state index contributed by atoms with van der Waals surface area (Å²) in [6.45, 7) is 6.97. The summed E-state index contributed by atoms with van der Waals surface area (Å²) in [6, 6.07) is 7.28. The van der Waals surface area contributed by atoms with Crippen molar-refractivity contribution in [3.8, 4) is 5.75 Å². The third-order valence-electron chi connectivity index (χ3n) is 3.44. The molecule has 0 saturated heterocycles. The minimum absolute atomic E-state index is 0.606. The Morgan fingerprint density at radius 3 is 2.33 bits per heavy atom. The summed E-state index contributed by atoms with van der Waals surface area (Å²) >= 11 is 0. The summed E-state index contributed by atoms with van der Waals surface area (Å²) in [4.78, 5) is 13.7. The number of hydrogen-bond acceptors (Lipinski definition) is 3. The predicted molar refractivity (Wildman–Crippen MR) is 70.9 cm³/mol. The maximum absolute atomic E-state index is 11.8. The number of para-hydroxylation sites is 1. The second-order valence-corrected chi connectivity index (χ2v) is 4.25. The number of carbonyl (C=O) groups is 1. The van der Waals surface area contributed by atoms with E-state index in [9.17, 15) is 9.90 Å². The molecule has 0 aliphatic carbocycles. The number of benzene rings is 1. The van der Waals surface area contributed by atoms with Crippen LogP contribution < -0.4 is 4.74 Å². The molecule has 100 valence electrons. The number of ether oxygens (including phenoxy) is 1. The van der Waals surface area contributed by atoms with Gasteiger partial charge in [-0.05, 0) is 26.1 Å². The molecule has 1 aromatic rings. The molecule has 1 aromatic carbocycles.